The summed E-state index contributed by atoms with van der Waals surface area (Å²) >= 11 is 1.63. The molecule has 2 heteroatoms. The van der Waals surface area contributed by atoms with E-state index in [0.717, 1.165) is 24.1 Å². The Hall–Kier alpha value is -1.12. The minimum Gasteiger partial charge on any atom is -0.385 e. The van der Waals surface area contributed by atoms with Crippen molar-refractivity contribution in [1.82, 2.24) is 0 Å². The molecule has 0 spiro atoms. The number of rotatable bonds is 5. The van der Waals surface area contributed by atoms with Gasteiger partial charge in [0.05, 0.1) is 5.60 Å². The van der Waals surface area contributed by atoms with Crippen LogP contribution < -0.4 is 0 Å². The molecular formula is C15H18OS. The van der Waals surface area contributed by atoms with Crippen LogP contribution in [0.3, 0.4) is 0 Å². The molecular weight excluding hydrogens is 228 g/mol. The van der Waals surface area contributed by atoms with Crippen molar-refractivity contribution >= 4 is 11.3 Å². The second kappa shape index (κ2) is 5.48. The molecule has 1 aromatic carbocycles. The van der Waals surface area contributed by atoms with Crippen molar-refractivity contribution in [3.05, 3.63) is 58.3 Å². The lowest BCUT2D eigenvalue weighted by molar-refractivity contribution is 0.0494. The minimum absolute atomic E-state index is 0.678. The SMILES string of the molecule is CC(O)(CCCc1ccccc1)c1cccs1. The highest BCUT2D eigenvalue weighted by atomic mass is 32.1. The van der Waals surface area contributed by atoms with Gasteiger partial charge in [0.25, 0.3) is 0 Å². The summed E-state index contributed by atoms with van der Waals surface area (Å²) in [7, 11) is 0. The third-order valence-electron chi connectivity index (χ3n) is 3.02. The maximum Gasteiger partial charge on any atom is 0.0960 e. The van der Waals surface area contributed by atoms with Crippen molar-refractivity contribution in [1.29, 1.82) is 0 Å². The van der Waals surface area contributed by atoms with E-state index in [9.17, 15) is 5.11 Å². The molecule has 17 heavy (non-hydrogen) atoms. The van der Waals surface area contributed by atoms with Crippen LogP contribution in [0.5, 0.6) is 0 Å². The first-order chi connectivity index (χ1) is 8.18. The van der Waals surface area contributed by atoms with Gasteiger partial charge in [0.1, 0.15) is 0 Å². The topological polar surface area (TPSA) is 20.2 Å². The zero-order valence-electron chi connectivity index (χ0n) is 10.1. The Bertz CT molecular complexity index is 431. The Labute approximate surface area is 107 Å². The zero-order chi connectivity index (χ0) is 12.1. The standard InChI is InChI=1S/C15H18OS/c1-15(16,14-10-6-12-17-14)11-5-9-13-7-3-2-4-8-13/h2-4,6-8,10,12,16H,5,9,11H2,1H3. The van der Waals surface area contributed by atoms with E-state index in [2.05, 4.69) is 24.3 Å². The molecule has 0 aliphatic rings. The van der Waals surface area contributed by atoms with Crippen molar-refractivity contribution < 1.29 is 5.11 Å². The van der Waals surface area contributed by atoms with Crippen LogP contribution in [0, 0.1) is 0 Å². The van der Waals surface area contributed by atoms with E-state index in [0.29, 0.717) is 0 Å². The molecule has 0 amide bonds. The van der Waals surface area contributed by atoms with E-state index in [1.165, 1.54) is 5.56 Å². The van der Waals surface area contributed by atoms with Crippen molar-refractivity contribution in [2.45, 2.75) is 31.8 Å². The number of aryl methyl sites for hydroxylation is 1. The van der Waals surface area contributed by atoms with Gasteiger partial charge in [0.15, 0.2) is 0 Å². The van der Waals surface area contributed by atoms with Gasteiger partial charge in [-0.05, 0) is 43.2 Å². The van der Waals surface area contributed by atoms with Crippen LogP contribution in [0.15, 0.2) is 47.8 Å². The molecule has 0 saturated heterocycles. The molecule has 0 radical (unpaired) electrons. The molecule has 2 rings (SSSR count). The van der Waals surface area contributed by atoms with Crippen LogP contribution in [-0.4, -0.2) is 5.11 Å². The number of aliphatic hydroxyl groups is 1. The van der Waals surface area contributed by atoms with E-state index in [4.69, 9.17) is 0 Å². The fourth-order valence-electron chi connectivity index (χ4n) is 1.99. The van der Waals surface area contributed by atoms with Gasteiger partial charge in [-0.1, -0.05) is 36.4 Å². The summed E-state index contributed by atoms with van der Waals surface area (Å²) in [5.74, 6) is 0. The predicted molar refractivity (Wildman–Crippen MR) is 73.3 cm³/mol. The Morgan fingerprint density at radius 1 is 1.12 bits per heavy atom. The van der Waals surface area contributed by atoms with Crippen LogP contribution in [0.25, 0.3) is 0 Å². The fourth-order valence-corrected chi connectivity index (χ4v) is 2.81. The molecule has 0 saturated carbocycles. The highest BCUT2D eigenvalue weighted by molar-refractivity contribution is 7.10. The summed E-state index contributed by atoms with van der Waals surface area (Å²) in [6.45, 7) is 1.91. The van der Waals surface area contributed by atoms with Gasteiger partial charge in [0, 0.05) is 4.88 Å². The molecule has 0 fully saturated rings. The smallest absolute Gasteiger partial charge is 0.0960 e. The van der Waals surface area contributed by atoms with E-state index < -0.39 is 5.60 Å². The van der Waals surface area contributed by atoms with E-state index in [-0.39, 0.29) is 0 Å². The maximum atomic E-state index is 10.4. The van der Waals surface area contributed by atoms with Crippen LogP contribution in [0.4, 0.5) is 0 Å². The van der Waals surface area contributed by atoms with Crippen LogP contribution in [-0.2, 0) is 12.0 Å². The van der Waals surface area contributed by atoms with Gasteiger partial charge in [-0.25, -0.2) is 0 Å². The lowest BCUT2D eigenvalue weighted by atomic mass is 9.95. The number of hydrogen-bond donors (Lipinski definition) is 1. The Morgan fingerprint density at radius 2 is 1.88 bits per heavy atom. The Kier molecular flexibility index (Phi) is 3.97. The molecule has 1 N–H and O–H groups in total. The molecule has 1 nitrogen and oxygen atoms in total. The lowest BCUT2D eigenvalue weighted by Crippen LogP contribution is -2.19. The second-order valence-corrected chi connectivity index (χ2v) is 5.54. The van der Waals surface area contributed by atoms with Gasteiger partial charge >= 0.3 is 0 Å². The fraction of sp³-hybridized carbons (Fsp3) is 0.333. The largest absolute Gasteiger partial charge is 0.385 e. The van der Waals surface area contributed by atoms with Crippen LogP contribution in [0.1, 0.15) is 30.2 Å². The summed E-state index contributed by atoms with van der Waals surface area (Å²) in [5, 5.41) is 12.4. The van der Waals surface area contributed by atoms with Gasteiger partial charge in [-0.15, -0.1) is 11.3 Å². The summed E-state index contributed by atoms with van der Waals surface area (Å²) in [5.41, 5.74) is 0.664. The lowest BCUT2D eigenvalue weighted by Gasteiger charge is -2.21. The molecule has 0 aliphatic carbocycles. The zero-order valence-corrected chi connectivity index (χ0v) is 10.9. The molecule has 90 valence electrons. The Balaban J connectivity index is 1.86. The summed E-state index contributed by atoms with van der Waals surface area (Å²) < 4.78 is 0. The van der Waals surface area contributed by atoms with Crippen LogP contribution in [0.2, 0.25) is 0 Å². The van der Waals surface area contributed by atoms with Crippen LogP contribution >= 0.6 is 11.3 Å². The second-order valence-electron chi connectivity index (χ2n) is 4.59. The van der Waals surface area contributed by atoms with E-state index >= 15 is 0 Å². The molecule has 1 aromatic heterocycles. The number of benzene rings is 1. The summed E-state index contributed by atoms with van der Waals surface area (Å²) in [4.78, 5) is 1.06. The van der Waals surface area contributed by atoms with Gasteiger partial charge in [-0.2, -0.15) is 0 Å². The molecule has 1 unspecified atom stereocenters. The molecule has 2 aromatic rings. The van der Waals surface area contributed by atoms with E-state index in [1.54, 1.807) is 11.3 Å². The molecule has 1 heterocycles. The summed E-state index contributed by atoms with van der Waals surface area (Å²) in [6, 6.07) is 14.4. The van der Waals surface area contributed by atoms with Crippen molar-refractivity contribution in [3.8, 4) is 0 Å². The monoisotopic (exact) mass is 246 g/mol. The van der Waals surface area contributed by atoms with E-state index in [1.807, 2.05) is 30.5 Å². The number of thiophene rings is 1. The highest BCUT2D eigenvalue weighted by Crippen LogP contribution is 2.30. The molecule has 1 atom stereocenters. The van der Waals surface area contributed by atoms with Crippen molar-refractivity contribution in [2.24, 2.45) is 0 Å². The number of hydrogen-bond acceptors (Lipinski definition) is 2. The van der Waals surface area contributed by atoms with Gasteiger partial charge in [0.2, 0.25) is 0 Å². The minimum atomic E-state index is -0.678. The first-order valence-corrected chi connectivity index (χ1v) is 6.87. The molecule has 0 bridgehead atoms. The molecule has 0 aliphatic heterocycles. The summed E-state index contributed by atoms with van der Waals surface area (Å²) in [6.07, 6.45) is 2.85. The first kappa shape index (κ1) is 12.3. The average molecular weight is 246 g/mol. The van der Waals surface area contributed by atoms with Crippen molar-refractivity contribution in [2.75, 3.05) is 0 Å². The normalized spacial score (nSPS) is 14.5. The van der Waals surface area contributed by atoms with Crippen molar-refractivity contribution in [3.63, 3.8) is 0 Å². The highest BCUT2D eigenvalue weighted by Gasteiger charge is 2.23. The van der Waals surface area contributed by atoms with Gasteiger partial charge < -0.3 is 5.11 Å². The third-order valence-corrected chi connectivity index (χ3v) is 4.15. The Morgan fingerprint density at radius 3 is 2.53 bits per heavy atom. The quantitative estimate of drug-likeness (QED) is 0.846. The average Bonchev–Trinajstić information content (AvgIpc) is 2.84. The van der Waals surface area contributed by atoms with Gasteiger partial charge in [-0.3, -0.25) is 0 Å². The maximum absolute atomic E-state index is 10.4. The first-order valence-electron chi connectivity index (χ1n) is 5.99. The third kappa shape index (κ3) is 3.42. The predicted octanol–water partition coefficient (Wildman–Crippen LogP) is 3.98.